The predicted molar refractivity (Wildman–Crippen MR) is 118 cm³/mol. The van der Waals surface area contributed by atoms with Crippen molar-refractivity contribution in [1.29, 1.82) is 0 Å². The maximum absolute atomic E-state index is 12.9. The van der Waals surface area contributed by atoms with Crippen molar-refractivity contribution in [2.24, 2.45) is 0 Å². The molecule has 0 unspecified atom stereocenters. The van der Waals surface area contributed by atoms with Crippen molar-refractivity contribution in [2.75, 3.05) is 34.4 Å². The van der Waals surface area contributed by atoms with E-state index in [4.69, 9.17) is 14.2 Å². The molecule has 176 valence electrons. The van der Waals surface area contributed by atoms with Gasteiger partial charge in [0.1, 0.15) is 17.9 Å². The predicted octanol–water partition coefficient (Wildman–Crippen LogP) is 1.03. The zero-order chi connectivity index (χ0) is 23.7. The zero-order valence-electron chi connectivity index (χ0n) is 18.9. The standard InChI is InChI=1S/C21H23N9O4/c1-32-18-6-13(7-19(33-2)20(18)34-3)16-8-17(26-25-16)21(31)28-11-15(12-28)29-9-14(24-27-29)10-30-22-4-5-23-30/h4-9,15H,10-12H2,1-3H3,(H,25,26). The third-order valence-corrected chi connectivity index (χ3v) is 5.62. The Bertz CT molecular complexity index is 1270. The van der Waals surface area contributed by atoms with Crippen LogP contribution in [0.4, 0.5) is 0 Å². The second kappa shape index (κ2) is 8.84. The molecule has 4 aromatic rings. The average molecular weight is 465 g/mol. The minimum Gasteiger partial charge on any atom is -0.493 e. The smallest absolute Gasteiger partial charge is 0.272 e. The van der Waals surface area contributed by atoms with Crippen LogP contribution in [0.3, 0.4) is 0 Å². The van der Waals surface area contributed by atoms with Crippen molar-refractivity contribution in [3.8, 4) is 28.5 Å². The van der Waals surface area contributed by atoms with Crippen molar-refractivity contribution >= 4 is 5.91 Å². The molecule has 0 saturated carbocycles. The number of carbonyl (C=O) groups is 1. The summed E-state index contributed by atoms with van der Waals surface area (Å²) < 4.78 is 17.9. The monoisotopic (exact) mass is 465 g/mol. The summed E-state index contributed by atoms with van der Waals surface area (Å²) >= 11 is 0. The van der Waals surface area contributed by atoms with Gasteiger partial charge in [-0.1, -0.05) is 5.21 Å². The number of nitrogens with one attached hydrogen (secondary N) is 1. The minimum atomic E-state index is -0.136. The van der Waals surface area contributed by atoms with E-state index in [0.717, 1.165) is 11.3 Å². The molecule has 1 aromatic carbocycles. The van der Waals surface area contributed by atoms with Gasteiger partial charge in [0.25, 0.3) is 5.91 Å². The van der Waals surface area contributed by atoms with Crippen LogP contribution in [0.1, 0.15) is 22.2 Å². The molecule has 5 rings (SSSR count). The molecule has 3 aromatic heterocycles. The fraction of sp³-hybridized carbons (Fsp3) is 0.333. The molecule has 4 heterocycles. The molecule has 13 heteroatoms. The largest absolute Gasteiger partial charge is 0.493 e. The molecular weight excluding hydrogens is 442 g/mol. The Hall–Kier alpha value is -4.42. The topological polar surface area (TPSA) is 138 Å². The van der Waals surface area contributed by atoms with Crippen LogP contribution >= 0.6 is 0 Å². The van der Waals surface area contributed by atoms with Crippen LogP contribution in [0.15, 0.2) is 36.8 Å². The summed E-state index contributed by atoms with van der Waals surface area (Å²) in [6.45, 7) is 1.50. The number of methoxy groups -OCH3 is 3. The van der Waals surface area contributed by atoms with Crippen molar-refractivity contribution in [3.05, 3.63) is 48.2 Å². The van der Waals surface area contributed by atoms with Gasteiger partial charge >= 0.3 is 0 Å². The summed E-state index contributed by atoms with van der Waals surface area (Å²) in [4.78, 5) is 16.2. The van der Waals surface area contributed by atoms with Crippen LogP contribution < -0.4 is 14.2 Å². The van der Waals surface area contributed by atoms with E-state index in [-0.39, 0.29) is 11.9 Å². The van der Waals surface area contributed by atoms with Crippen LogP contribution in [0.5, 0.6) is 17.2 Å². The highest BCUT2D eigenvalue weighted by Gasteiger charge is 2.34. The van der Waals surface area contributed by atoms with Crippen molar-refractivity contribution in [3.63, 3.8) is 0 Å². The summed E-state index contributed by atoms with van der Waals surface area (Å²) in [5, 5.41) is 23.6. The highest BCUT2D eigenvalue weighted by Crippen LogP contribution is 2.41. The zero-order valence-corrected chi connectivity index (χ0v) is 18.9. The second-order valence-electron chi connectivity index (χ2n) is 7.69. The maximum atomic E-state index is 12.9. The normalized spacial score (nSPS) is 13.6. The van der Waals surface area contributed by atoms with Gasteiger partial charge in [0.15, 0.2) is 11.5 Å². The molecule has 1 N–H and O–H groups in total. The molecule has 34 heavy (non-hydrogen) atoms. The first kappa shape index (κ1) is 21.4. The Labute approximate surface area is 194 Å². The number of carbonyl (C=O) groups excluding carboxylic acids is 1. The SMILES string of the molecule is COc1cc(-c2cc(C(=O)N3CC(n4cc(Cn5nccn5)nn4)C3)[nH]n2)cc(OC)c1OC. The molecule has 1 aliphatic heterocycles. The molecule has 0 atom stereocenters. The van der Waals surface area contributed by atoms with Crippen LogP contribution in [0, 0.1) is 0 Å². The first-order valence-electron chi connectivity index (χ1n) is 10.5. The second-order valence-corrected chi connectivity index (χ2v) is 7.69. The summed E-state index contributed by atoms with van der Waals surface area (Å²) in [6.07, 6.45) is 5.08. The van der Waals surface area contributed by atoms with Gasteiger partial charge in [-0.3, -0.25) is 9.89 Å². The lowest BCUT2D eigenvalue weighted by Crippen LogP contribution is -2.51. The fourth-order valence-electron chi connectivity index (χ4n) is 3.80. The highest BCUT2D eigenvalue weighted by atomic mass is 16.5. The first-order chi connectivity index (χ1) is 16.6. The van der Waals surface area contributed by atoms with Crippen molar-refractivity contribution < 1.29 is 19.0 Å². The number of benzene rings is 1. The van der Waals surface area contributed by atoms with E-state index >= 15 is 0 Å². The van der Waals surface area contributed by atoms with Gasteiger partial charge in [0.05, 0.1) is 51.7 Å². The van der Waals surface area contributed by atoms with E-state index in [2.05, 4.69) is 30.7 Å². The quantitative estimate of drug-likeness (QED) is 0.404. The summed E-state index contributed by atoms with van der Waals surface area (Å²) in [7, 11) is 4.64. The number of amides is 1. The van der Waals surface area contributed by atoms with Gasteiger partial charge in [0.2, 0.25) is 5.75 Å². The lowest BCUT2D eigenvalue weighted by Gasteiger charge is -2.38. The fourth-order valence-corrected chi connectivity index (χ4v) is 3.80. The van der Waals surface area contributed by atoms with Gasteiger partial charge in [0, 0.05) is 18.7 Å². The van der Waals surface area contributed by atoms with Gasteiger partial charge in [-0.2, -0.15) is 20.1 Å². The number of likely N-dealkylation sites (tertiary alicyclic amines) is 1. The number of hydrogen-bond donors (Lipinski definition) is 1. The number of H-pyrrole nitrogens is 1. The molecule has 0 bridgehead atoms. The Morgan fingerprint density at radius 1 is 1.06 bits per heavy atom. The summed E-state index contributed by atoms with van der Waals surface area (Å²) in [6, 6.07) is 5.34. The lowest BCUT2D eigenvalue weighted by molar-refractivity contribution is 0.0492. The third-order valence-electron chi connectivity index (χ3n) is 5.62. The molecule has 1 fully saturated rings. The lowest BCUT2D eigenvalue weighted by atomic mass is 10.1. The van der Waals surface area contributed by atoms with E-state index < -0.39 is 0 Å². The van der Waals surface area contributed by atoms with Gasteiger partial charge < -0.3 is 19.1 Å². The van der Waals surface area contributed by atoms with E-state index in [1.165, 1.54) is 4.80 Å². The van der Waals surface area contributed by atoms with Gasteiger partial charge in [-0.25, -0.2) is 4.68 Å². The van der Waals surface area contributed by atoms with Gasteiger partial charge in [-0.05, 0) is 18.2 Å². The molecular formula is C21H23N9O4. The van der Waals surface area contributed by atoms with Crippen LogP contribution in [-0.2, 0) is 6.54 Å². The van der Waals surface area contributed by atoms with Crippen molar-refractivity contribution in [1.82, 2.24) is 45.1 Å². The molecule has 1 aliphatic rings. The van der Waals surface area contributed by atoms with Crippen LogP contribution in [0.2, 0.25) is 0 Å². The van der Waals surface area contributed by atoms with E-state index in [9.17, 15) is 4.79 Å². The number of rotatable bonds is 8. The average Bonchev–Trinajstić information content (AvgIpc) is 3.60. The van der Waals surface area contributed by atoms with Crippen LogP contribution in [-0.4, -0.2) is 85.4 Å². The molecule has 0 spiro atoms. The molecule has 0 radical (unpaired) electrons. The van der Waals surface area contributed by atoms with E-state index in [1.54, 1.807) is 61.5 Å². The summed E-state index contributed by atoms with van der Waals surface area (Å²) in [5.74, 6) is 1.37. The molecule has 1 saturated heterocycles. The third kappa shape index (κ3) is 3.91. The molecule has 1 amide bonds. The number of hydrogen-bond acceptors (Lipinski definition) is 9. The Balaban J connectivity index is 1.25. The Kier molecular flexibility index (Phi) is 5.57. The Morgan fingerprint density at radius 3 is 2.41 bits per heavy atom. The van der Waals surface area contributed by atoms with Crippen molar-refractivity contribution in [2.45, 2.75) is 12.6 Å². The van der Waals surface area contributed by atoms with Crippen LogP contribution in [0.25, 0.3) is 11.3 Å². The first-order valence-corrected chi connectivity index (χ1v) is 10.5. The minimum absolute atomic E-state index is 0.0632. The number of nitrogens with zero attached hydrogens (tertiary/aromatic N) is 8. The van der Waals surface area contributed by atoms with E-state index in [0.29, 0.717) is 48.3 Å². The van der Waals surface area contributed by atoms with Gasteiger partial charge in [-0.15, -0.1) is 5.10 Å². The number of ether oxygens (including phenoxy) is 3. The summed E-state index contributed by atoms with van der Waals surface area (Å²) in [5.41, 5.74) is 2.47. The van der Waals surface area contributed by atoms with E-state index in [1.807, 2.05) is 6.20 Å². The molecule has 0 aliphatic carbocycles. The highest BCUT2D eigenvalue weighted by molar-refractivity contribution is 5.94. The Morgan fingerprint density at radius 2 is 1.76 bits per heavy atom. The molecule has 13 nitrogen and oxygen atoms in total. The maximum Gasteiger partial charge on any atom is 0.272 e. The number of aromatic amines is 1. The number of aromatic nitrogens is 8.